The van der Waals surface area contributed by atoms with Crippen molar-refractivity contribution in [2.45, 2.75) is 25.4 Å². The summed E-state index contributed by atoms with van der Waals surface area (Å²) in [6, 6.07) is 8.87. The van der Waals surface area contributed by atoms with Crippen molar-refractivity contribution in [3.63, 3.8) is 0 Å². The minimum Gasteiger partial charge on any atom is -0.478 e. The standard InChI is InChI=1S/C16H18N2O3/c19-16(20)13-9-15(17-10-11-5-3-4-8-21-11)18-14-7-2-1-6-12(13)14/h1-2,6-7,9,11H,3-5,8,10H2,(H,17,18)(H,19,20). The summed E-state index contributed by atoms with van der Waals surface area (Å²) < 4.78 is 5.66. The lowest BCUT2D eigenvalue weighted by Crippen LogP contribution is -2.27. The van der Waals surface area contributed by atoms with E-state index in [9.17, 15) is 9.90 Å². The molecule has 0 bridgehead atoms. The van der Waals surface area contributed by atoms with Crippen molar-refractivity contribution in [2.75, 3.05) is 18.5 Å². The largest absolute Gasteiger partial charge is 0.478 e. The van der Waals surface area contributed by atoms with Gasteiger partial charge < -0.3 is 15.2 Å². The number of nitrogens with one attached hydrogen (secondary N) is 1. The van der Waals surface area contributed by atoms with Crippen LogP contribution in [-0.2, 0) is 4.74 Å². The monoisotopic (exact) mass is 286 g/mol. The number of hydrogen-bond donors (Lipinski definition) is 2. The van der Waals surface area contributed by atoms with Crippen molar-refractivity contribution in [3.05, 3.63) is 35.9 Å². The molecule has 0 radical (unpaired) electrons. The fraction of sp³-hybridized carbons (Fsp3) is 0.375. The van der Waals surface area contributed by atoms with Crippen molar-refractivity contribution >= 4 is 22.7 Å². The average molecular weight is 286 g/mol. The number of fused-ring (bicyclic) bond motifs is 1. The first-order valence-electron chi connectivity index (χ1n) is 7.22. The van der Waals surface area contributed by atoms with Crippen LogP contribution in [0.3, 0.4) is 0 Å². The normalized spacial score (nSPS) is 18.6. The number of carboxylic acids is 1. The first kappa shape index (κ1) is 13.8. The molecule has 5 nitrogen and oxygen atoms in total. The lowest BCUT2D eigenvalue weighted by atomic mass is 10.1. The van der Waals surface area contributed by atoms with Crippen LogP contribution in [0.4, 0.5) is 5.82 Å². The predicted molar refractivity (Wildman–Crippen MR) is 80.8 cm³/mol. The van der Waals surface area contributed by atoms with E-state index in [1.807, 2.05) is 18.2 Å². The van der Waals surface area contributed by atoms with Gasteiger partial charge in [0.2, 0.25) is 0 Å². The molecule has 2 heterocycles. The Bertz CT molecular complexity index is 651. The third-order valence-electron chi connectivity index (χ3n) is 3.73. The molecule has 2 aromatic rings. The lowest BCUT2D eigenvalue weighted by molar-refractivity contribution is 0.0247. The number of rotatable bonds is 4. The number of pyridine rings is 1. The molecule has 0 aliphatic carbocycles. The quantitative estimate of drug-likeness (QED) is 0.904. The molecule has 1 saturated heterocycles. The zero-order valence-electron chi connectivity index (χ0n) is 11.7. The highest BCUT2D eigenvalue weighted by atomic mass is 16.5. The molecule has 21 heavy (non-hydrogen) atoms. The number of benzene rings is 1. The molecule has 1 aromatic carbocycles. The van der Waals surface area contributed by atoms with E-state index in [1.54, 1.807) is 12.1 Å². The van der Waals surface area contributed by atoms with Crippen LogP contribution in [0.1, 0.15) is 29.6 Å². The van der Waals surface area contributed by atoms with Crippen LogP contribution in [-0.4, -0.2) is 35.3 Å². The van der Waals surface area contributed by atoms with Gasteiger partial charge in [-0.2, -0.15) is 0 Å². The molecular weight excluding hydrogens is 268 g/mol. The Morgan fingerprint density at radius 2 is 2.24 bits per heavy atom. The summed E-state index contributed by atoms with van der Waals surface area (Å²) in [5.41, 5.74) is 0.956. The second kappa shape index (κ2) is 6.10. The highest BCUT2D eigenvalue weighted by Crippen LogP contribution is 2.21. The predicted octanol–water partition coefficient (Wildman–Crippen LogP) is 2.91. The van der Waals surface area contributed by atoms with Crippen LogP contribution in [0.15, 0.2) is 30.3 Å². The van der Waals surface area contributed by atoms with Crippen LogP contribution >= 0.6 is 0 Å². The number of carboxylic acid groups (broad SMARTS) is 1. The van der Waals surface area contributed by atoms with E-state index >= 15 is 0 Å². The first-order valence-corrected chi connectivity index (χ1v) is 7.22. The summed E-state index contributed by atoms with van der Waals surface area (Å²) in [6.45, 7) is 1.46. The van der Waals surface area contributed by atoms with Gasteiger partial charge in [0.25, 0.3) is 0 Å². The molecule has 1 aliphatic rings. The summed E-state index contributed by atoms with van der Waals surface area (Å²) in [4.78, 5) is 15.9. The Hall–Kier alpha value is -2.14. The highest BCUT2D eigenvalue weighted by Gasteiger charge is 2.15. The number of carbonyl (C=O) groups is 1. The van der Waals surface area contributed by atoms with Crippen LogP contribution in [0.2, 0.25) is 0 Å². The van der Waals surface area contributed by atoms with Crippen LogP contribution < -0.4 is 5.32 Å². The second-order valence-electron chi connectivity index (χ2n) is 5.25. The fourth-order valence-corrected chi connectivity index (χ4v) is 2.63. The topological polar surface area (TPSA) is 71.5 Å². The number of ether oxygens (including phenoxy) is 1. The van der Waals surface area contributed by atoms with Crippen molar-refractivity contribution in [2.24, 2.45) is 0 Å². The maximum Gasteiger partial charge on any atom is 0.336 e. The zero-order chi connectivity index (χ0) is 14.7. The number of aromatic carboxylic acids is 1. The van der Waals surface area contributed by atoms with Crippen molar-refractivity contribution in [1.29, 1.82) is 0 Å². The van der Waals surface area contributed by atoms with Crippen LogP contribution in [0.5, 0.6) is 0 Å². The van der Waals surface area contributed by atoms with Gasteiger partial charge in [0.15, 0.2) is 0 Å². The Balaban J connectivity index is 1.83. The molecule has 1 atom stereocenters. The van der Waals surface area contributed by atoms with Gasteiger partial charge in [-0.15, -0.1) is 0 Å². The summed E-state index contributed by atoms with van der Waals surface area (Å²) >= 11 is 0. The van der Waals surface area contributed by atoms with E-state index in [-0.39, 0.29) is 11.7 Å². The smallest absolute Gasteiger partial charge is 0.336 e. The first-order chi connectivity index (χ1) is 10.2. The lowest BCUT2D eigenvalue weighted by Gasteiger charge is -2.23. The van der Waals surface area contributed by atoms with Gasteiger partial charge in [0.1, 0.15) is 5.82 Å². The summed E-state index contributed by atoms with van der Waals surface area (Å²) in [5.74, 6) is -0.356. The molecule has 3 rings (SSSR count). The molecule has 110 valence electrons. The number of para-hydroxylation sites is 1. The summed E-state index contributed by atoms with van der Waals surface area (Å²) in [6.07, 6.45) is 3.51. The molecule has 0 saturated carbocycles. The fourth-order valence-electron chi connectivity index (χ4n) is 2.63. The Kier molecular flexibility index (Phi) is 4.01. The van der Waals surface area contributed by atoms with E-state index < -0.39 is 5.97 Å². The van der Waals surface area contributed by atoms with Gasteiger partial charge >= 0.3 is 5.97 Å². The number of anilines is 1. The van der Waals surface area contributed by atoms with Gasteiger partial charge in [-0.25, -0.2) is 9.78 Å². The third-order valence-corrected chi connectivity index (χ3v) is 3.73. The minimum absolute atomic E-state index is 0.181. The third kappa shape index (κ3) is 3.13. The van der Waals surface area contributed by atoms with Crippen molar-refractivity contribution < 1.29 is 14.6 Å². The average Bonchev–Trinajstić information content (AvgIpc) is 2.53. The van der Waals surface area contributed by atoms with E-state index in [0.29, 0.717) is 23.3 Å². The maximum atomic E-state index is 11.4. The molecule has 0 amide bonds. The number of aromatic nitrogens is 1. The van der Waals surface area contributed by atoms with Gasteiger partial charge in [-0.1, -0.05) is 18.2 Å². The van der Waals surface area contributed by atoms with E-state index in [0.717, 1.165) is 19.4 Å². The molecule has 1 fully saturated rings. The van der Waals surface area contributed by atoms with Crippen LogP contribution in [0.25, 0.3) is 10.9 Å². The van der Waals surface area contributed by atoms with E-state index in [4.69, 9.17) is 4.74 Å². The number of hydrogen-bond acceptors (Lipinski definition) is 4. The minimum atomic E-state index is -0.939. The van der Waals surface area contributed by atoms with Crippen LogP contribution in [0, 0.1) is 0 Å². The highest BCUT2D eigenvalue weighted by molar-refractivity contribution is 6.03. The van der Waals surface area contributed by atoms with E-state index in [2.05, 4.69) is 10.3 Å². The molecular formula is C16H18N2O3. The molecule has 1 unspecified atom stereocenters. The molecule has 0 spiro atoms. The number of nitrogens with zero attached hydrogens (tertiary/aromatic N) is 1. The van der Waals surface area contributed by atoms with Gasteiger partial charge in [0, 0.05) is 18.5 Å². The Morgan fingerprint density at radius 3 is 3.00 bits per heavy atom. The Labute approximate surface area is 123 Å². The zero-order valence-corrected chi connectivity index (χ0v) is 11.7. The SMILES string of the molecule is O=C(O)c1cc(NCC2CCCCO2)nc2ccccc12. The molecule has 1 aliphatic heterocycles. The summed E-state index contributed by atoms with van der Waals surface area (Å²) in [5, 5.41) is 13.2. The van der Waals surface area contributed by atoms with Gasteiger partial charge in [0.05, 0.1) is 17.2 Å². The van der Waals surface area contributed by atoms with Crippen molar-refractivity contribution in [3.8, 4) is 0 Å². The van der Waals surface area contributed by atoms with E-state index in [1.165, 1.54) is 6.42 Å². The summed E-state index contributed by atoms with van der Waals surface area (Å²) in [7, 11) is 0. The van der Waals surface area contributed by atoms with Gasteiger partial charge in [-0.3, -0.25) is 0 Å². The molecule has 1 aromatic heterocycles. The molecule has 5 heteroatoms. The second-order valence-corrected chi connectivity index (χ2v) is 5.25. The Morgan fingerprint density at radius 1 is 1.38 bits per heavy atom. The van der Waals surface area contributed by atoms with Gasteiger partial charge in [-0.05, 0) is 31.4 Å². The maximum absolute atomic E-state index is 11.4. The van der Waals surface area contributed by atoms with Crippen molar-refractivity contribution in [1.82, 2.24) is 4.98 Å². The molecule has 2 N–H and O–H groups in total.